The molecule has 0 saturated heterocycles. The van der Waals surface area contributed by atoms with Crippen LogP contribution in [0.2, 0.25) is 0 Å². The number of carbonyl (C=O) groups excluding carboxylic acids is 1. The Labute approximate surface area is 153 Å². The first-order valence-electron chi connectivity index (χ1n) is 8.24. The lowest BCUT2D eigenvalue weighted by molar-refractivity contribution is -0.381. The van der Waals surface area contributed by atoms with Gasteiger partial charge in [0.2, 0.25) is 0 Å². The smallest absolute Gasteiger partial charge is 0.298 e. The minimum absolute atomic E-state index is 0.0270. The summed E-state index contributed by atoms with van der Waals surface area (Å²) in [5.41, 5.74) is 2.73. The van der Waals surface area contributed by atoms with E-state index in [0.29, 0.717) is 11.3 Å². The molecule has 130 valence electrons. The average Bonchev–Trinajstić information content (AvgIpc) is 3.42. The molecule has 1 aliphatic carbocycles. The summed E-state index contributed by atoms with van der Waals surface area (Å²) in [6, 6.07) is 16.9. The summed E-state index contributed by atoms with van der Waals surface area (Å²) in [5, 5.41) is 14.3. The number of hydrogen-bond donors (Lipinski definition) is 1. The Bertz CT molecular complexity index is 981. The van der Waals surface area contributed by atoms with E-state index in [4.69, 9.17) is 0 Å². The van der Waals surface area contributed by atoms with Crippen molar-refractivity contribution in [3.05, 3.63) is 76.0 Å². The number of nitrogens with zero attached hydrogens (tertiary/aromatic N) is 2. The molecule has 6 nitrogen and oxygen atoms in total. The number of rotatable bonds is 5. The second kappa shape index (κ2) is 6.68. The van der Waals surface area contributed by atoms with Crippen molar-refractivity contribution >= 4 is 27.4 Å². The third-order valence-electron chi connectivity index (χ3n) is 4.24. The van der Waals surface area contributed by atoms with Gasteiger partial charge in [0.15, 0.2) is 5.13 Å². The van der Waals surface area contributed by atoms with Crippen LogP contribution in [0.4, 0.5) is 10.1 Å². The standard InChI is InChI=1S/C19H15N3O3S/c23-17(15-9-5-4-8-14(15)12-6-2-1-3-7-12)21-19-20-16(13-10-11-13)18(26-19)22(24)25/h1-9,13H,10-11H2,(H,20,21,23). The van der Waals surface area contributed by atoms with Gasteiger partial charge >= 0.3 is 5.00 Å². The third-order valence-corrected chi connectivity index (χ3v) is 5.18. The quantitative estimate of drug-likeness (QED) is 0.517. The fourth-order valence-corrected chi connectivity index (χ4v) is 3.71. The second-order valence-corrected chi connectivity index (χ2v) is 7.08. The maximum Gasteiger partial charge on any atom is 0.349 e. The number of thiazole rings is 1. The van der Waals surface area contributed by atoms with Gasteiger partial charge in [-0.3, -0.25) is 20.2 Å². The van der Waals surface area contributed by atoms with Crippen molar-refractivity contribution in [3.8, 4) is 11.1 Å². The van der Waals surface area contributed by atoms with E-state index in [1.165, 1.54) is 0 Å². The molecule has 1 N–H and O–H groups in total. The lowest BCUT2D eigenvalue weighted by Crippen LogP contribution is -2.13. The number of benzene rings is 2. The lowest BCUT2D eigenvalue weighted by Gasteiger charge is -2.08. The van der Waals surface area contributed by atoms with Crippen molar-refractivity contribution in [2.45, 2.75) is 18.8 Å². The molecule has 0 unspecified atom stereocenters. The molecule has 1 aromatic heterocycles. The number of nitro groups is 1. The van der Waals surface area contributed by atoms with E-state index >= 15 is 0 Å². The SMILES string of the molecule is O=C(Nc1nc(C2CC2)c([N+](=O)[O-])s1)c1ccccc1-c1ccccc1. The van der Waals surface area contributed by atoms with Crippen molar-refractivity contribution in [2.24, 2.45) is 0 Å². The summed E-state index contributed by atoms with van der Waals surface area (Å²) in [6.07, 6.45) is 1.82. The Kier molecular flexibility index (Phi) is 4.22. The molecule has 26 heavy (non-hydrogen) atoms. The zero-order valence-corrected chi connectivity index (χ0v) is 14.5. The van der Waals surface area contributed by atoms with E-state index in [1.54, 1.807) is 12.1 Å². The molecule has 0 aliphatic heterocycles. The molecule has 1 aliphatic rings. The zero-order valence-electron chi connectivity index (χ0n) is 13.7. The highest BCUT2D eigenvalue weighted by molar-refractivity contribution is 7.19. The molecule has 3 aromatic rings. The summed E-state index contributed by atoms with van der Waals surface area (Å²) in [4.78, 5) is 27.9. The van der Waals surface area contributed by atoms with Crippen LogP contribution in [-0.4, -0.2) is 15.8 Å². The number of carbonyl (C=O) groups is 1. The highest BCUT2D eigenvalue weighted by Crippen LogP contribution is 2.46. The van der Waals surface area contributed by atoms with Crippen LogP contribution in [0.3, 0.4) is 0 Å². The first-order chi connectivity index (χ1) is 12.6. The van der Waals surface area contributed by atoms with E-state index in [0.717, 1.165) is 35.3 Å². The predicted octanol–water partition coefficient (Wildman–Crippen LogP) is 4.85. The summed E-state index contributed by atoms with van der Waals surface area (Å²) >= 11 is 0.918. The molecule has 2 aromatic carbocycles. The van der Waals surface area contributed by atoms with Crippen molar-refractivity contribution in [1.82, 2.24) is 4.98 Å². The molecular formula is C19H15N3O3S. The highest BCUT2D eigenvalue weighted by Gasteiger charge is 2.35. The van der Waals surface area contributed by atoms with Gasteiger partial charge in [-0.15, -0.1) is 0 Å². The Morgan fingerprint density at radius 3 is 2.50 bits per heavy atom. The average molecular weight is 365 g/mol. The van der Waals surface area contributed by atoms with Crippen LogP contribution in [0.1, 0.15) is 34.8 Å². The van der Waals surface area contributed by atoms with E-state index in [1.807, 2.05) is 42.5 Å². The summed E-state index contributed by atoms with van der Waals surface area (Å²) in [5.74, 6) is -0.177. The molecule has 1 amide bonds. The fourth-order valence-electron chi connectivity index (χ4n) is 2.85. The Morgan fingerprint density at radius 1 is 1.12 bits per heavy atom. The minimum atomic E-state index is -0.418. The number of amides is 1. The number of aromatic nitrogens is 1. The van der Waals surface area contributed by atoms with Crippen molar-refractivity contribution in [1.29, 1.82) is 0 Å². The first-order valence-corrected chi connectivity index (χ1v) is 9.06. The predicted molar refractivity (Wildman–Crippen MR) is 101 cm³/mol. The molecule has 1 fully saturated rings. The summed E-state index contributed by atoms with van der Waals surface area (Å²) < 4.78 is 0. The van der Waals surface area contributed by atoms with E-state index in [9.17, 15) is 14.9 Å². The third kappa shape index (κ3) is 3.21. The van der Waals surface area contributed by atoms with Gasteiger partial charge in [0.25, 0.3) is 5.91 Å². The van der Waals surface area contributed by atoms with Gasteiger partial charge in [-0.1, -0.05) is 48.5 Å². The van der Waals surface area contributed by atoms with Gasteiger partial charge in [0.05, 0.1) is 4.92 Å². The van der Waals surface area contributed by atoms with Crippen molar-refractivity contribution < 1.29 is 9.72 Å². The largest absolute Gasteiger partial charge is 0.349 e. The topological polar surface area (TPSA) is 85.1 Å². The minimum Gasteiger partial charge on any atom is -0.298 e. The van der Waals surface area contributed by atoms with Crippen LogP contribution in [0.25, 0.3) is 11.1 Å². The second-order valence-electron chi connectivity index (χ2n) is 6.11. The monoisotopic (exact) mass is 365 g/mol. The van der Waals surface area contributed by atoms with E-state index < -0.39 is 4.92 Å². The van der Waals surface area contributed by atoms with Crippen LogP contribution in [0, 0.1) is 10.1 Å². The Balaban J connectivity index is 1.64. The van der Waals surface area contributed by atoms with Gasteiger partial charge in [-0.2, -0.15) is 0 Å². The fraction of sp³-hybridized carbons (Fsp3) is 0.158. The van der Waals surface area contributed by atoms with Gasteiger partial charge in [-0.25, -0.2) is 4.98 Å². The zero-order chi connectivity index (χ0) is 18.1. The molecule has 7 heteroatoms. The van der Waals surface area contributed by atoms with Gasteiger partial charge in [0.1, 0.15) is 5.69 Å². The van der Waals surface area contributed by atoms with Crippen LogP contribution in [0.15, 0.2) is 54.6 Å². The summed E-state index contributed by atoms with van der Waals surface area (Å²) in [7, 11) is 0. The van der Waals surface area contributed by atoms with E-state index in [-0.39, 0.29) is 22.0 Å². The maximum atomic E-state index is 12.8. The molecule has 0 bridgehead atoms. The number of anilines is 1. The van der Waals surface area contributed by atoms with Crippen molar-refractivity contribution in [2.75, 3.05) is 5.32 Å². The van der Waals surface area contributed by atoms with Gasteiger partial charge < -0.3 is 0 Å². The van der Waals surface area contributed by atoms with Crippen molar-refractivity contribution in [3.63, 3.8) is 0 Å². The number of nitrogens with one attached hydrogen (secondary N) is 1. The van der Waals surface area contributed by atoms with Crippen LogP contribution in [-0.2, 0) is 0 Å². The number of hydrogen-bond acceptors (Lipinski definition) is 5. The Hall–Kier alpha value is -3.06. The molecule has 1 saturated carbocycles. The molecule has 1 heterocycles. The molecule has 0 atom stereocenters. The lowest BCUT2D eigenvalue weighted by atomic mass is 9.99. The molecule has 4 rings (SSSR count). The maximum absolute atomic E-state index is 12.8. The molecular weight excluding hydrogens is 350 g/mol. The first kappa shape index (κ1) is 16.4. The van der Waals surface area contributed by atoms with Crippen LogP contribution >= 0.6 is 11.3 Å². The summed E-state index contributed by atoms with van der Waals surface area (Å²) in [6.45, 7) is 0. The highest BCUT2D eigenvalue weighted by atomic mass is 32.1. The van der Waals surface area contributed by atoms with E-state index in [2.05, 4.69) is 10.3 Å². The van der Waals surface area contributed by atoms with Crippen LogP contribution < -0.4 is 5.32 Å². The molecule has 0 spiro atoms. The van der Waals surface area contributed by atoms with Crippen LogP contribution in [0.5, 0.6) is 0 Å². The van der Waals surface area contributed by atoms with Gasteiger partial charge in [-0.05, 0) is 41.4 Å². The Morgan fingerprint density at radius 2 is 1.81 bits per heavy atom. The normalized spacial score (nSPS) is 13.4. The van der Waals surface area contributed by atoms with Gasteiger partial charge in [0, 0.05) is 11.5 Å². The molecule has 0 radical (unpaired) electrons.